The van der Waals surface area contributed by atoms with Crippen LogP contribution >= 0.6 is 15.9 Å². The fourth-order valence-electron chi connectivity index (χ4n) is 2.93. The van der Waals surface area contributed by atoms with Crippen LogP contribution in [0.1, 0.15) is 26.3 Å². The predicted molar refractivity (Wildman–Crippen MR) is 103 cm³/mol. The van der Waals surface area contributed by atoms with E-state index < -0.39 is 5.91 Å². The lowest BCUT2D eigenvalue weighted by atomic mass is 10.1. The molecule has 0 radical (unpaired) electrons. The molecule has 0 aliphatic carbocycles. The summed E-state index contributed by atoms with van der Waals surface area (Å²) in [6.07, 6.45) is 1.48. The van der Waals surface area contributed by atoms with Crippen LogP contribution in [0.25, 0.3) is 10.9 Å². The number of nitrogens with two attached hydrogens (primary N) is 1. The normalized spacial score (nSPS) is 10.8. The first-order valence-electron chi connectivity index (χ1n) is 7.96. The van der Waals surface area contributed by atoms with Gasteiger partial charge < -0.3 is 4.74 Å². The second-order valence-electron chi connectivity index (χ2n) is 5.98. The summed E-state index contributed by atoms with van der Waals surface area (Å²) < 4.78 is 7.95. The van der Waals surface area contributed by atoms with E-state index in [1.54, 1.807) is 24.3 Å². The first kappa shape index (κ1) is 18.2. The van der Waals surface area contributed by atoms with Gasteiger partial charge in [-0.2, -0.15) is 0 Å². The number of hydrogen-bond acceptors (Lipinski definition) is 4. The van der Waals surface area contributed by atoms with Crippen molar-refractivity contribution >= 4 is 38.6 Å². The number of amides is 1. The van der Waals surface area contributed by atoms with Gasteiger partial charge in [0, 0.05) is 11.6 Å². The van der Waals surface area contributed by atoms with Gasteiger partial charge in [-0.05, 0) is 53.0 Å². The number of halogens is 1. The number of fused-ring (bicyclic) bond motifs is 1. The van der Waals surface area contributed by atoms with Crippen molar-refractivity contribution in [2.45, 2.75) is 13.8 Å². The number of hydrogen-bond donors (Lipinski definition) is 2. The van der Waals surface area contributed by atoms with Gasteiger partial charge in [-0.1, -0.05) is 24.3 Å². The van der Waals surface area contributed by atoms with Crippen LogP contribution in [0.4, 0.5) is 0 Å². The molecule has 6 nitrogen and oxygen atoms in total. The van der Waals surface area contributed by atoms with E-state index in [0.717, 1.165) is 15.6 Å². The second kappa shape index (κ2) is 7.31. The quantitative estimate of drug-likeness (QED) is 0.388. The molecule has 0 aliphatic rings. The Morgan fingerprint density at radius 3 is 2.65 bits per heavy atom. The molecule has 0 atom stereocenters. The van der Waals surface area contributed by atoms with Crippen molar-refractivity contribution < 1.29 is 14.3 Å². The number of rotatable bonds is 4. The number of nitrogens with one attached hydrogen (secondary N) is 1. The number of aryl methyl sites for hydroxylation is 2. The molecule has 0 aliphatic heterocycles. The van der Waals surface area contributed by atoms with Crippen LogP contribution in [-0.2, 0) is 0 Å². The molecule has 134 valence electrons. The van der Waals surface area contributed by atoms with Crippen molar-refractivity contribution in [2.75, 3.05) is 6.61 Å². The summed E-state index contributed by atoms with van der Waals surface area (Å²) in [6, 6.07) is 11.1. The number of para-hydroxylation sites is 1. The average molecular weight is 416 g/mol. The Balaban J connectivity index is 1.91. The molecule has 1 heterocycles. The number of nitrogens with zero attached hydrogens (tertiary/aromatic N) is 1. The number of aromatic nitrogens is 1. The van der Waals surface area contributed by atoms with Crippen molar-refractivity contribution in [3.8, 4) is 5.75 Å². The number of benzene rings is 2. The van der Waals surface area contributed by atoms with Gasteiger partial charge in [0.05, 0.1) is 15.6 Å². The summed E-state index contributed by atoms with van der Waals surface area (Å²) in [4.78, 5) is 24.7. The van der Waals surface area contributed by atoms with Crippen LogP contribution in [-0.4, -0.2) is 23.0 Å². The molecule has 7 heteroatoms. The zero-order valence-corrected chi connectivity index (χ0v) is 16.0. The van der Waals surface area contributed by atoms with Gasteiger partial charge in [-0.15, -0.1) is 0 Å². The van der Waals surface area contributed by atoms with Gasteiger partial charge in [-0.3, -0.25) is 19.6 Å². The summed E-state index contributed by atoms with van der Waals surface area (Å²) in [5.41, 5.74) is 5.10. The van der Waals surface area contributed by atoms with Gasteiger partial charge in [0.1, 0.15) is 5.75 Å². The van der Waals surface area contributed by atoms with Gasteiger partial charge in [0.15, 0.2) is 6.61 Å². The number of ether oxygens (including phenoxy) is 1. The summed E-state index contributed by atoms with van der Waals surface area (Å²) in [5.74, 6) is 5.12. The molecule has 1 aromatic heterocycles. The minimum Gasteiger partial charge on any atom is -0.482 e. The van der Waals surface area contributed by atoms with E-state index in [9.17, 15) is 9.59 Å². The Hall–Kier alpha value is -2.64. The fraction of sp³-hybridized carbons (Fsp3) is 0.158. The molecule has 2 aromatic carbocycles. The monoisotopic (exact) mass is 415 g/mol. The lowest BCUT2D eigenvalue weighted by Gasteiger charge is -2.12. The third-order valence-corrected chi connectivity index (χ3v) is 4.66. The molecule has 0 saturated heterocycles. The van der Waals surface area contributed by atoms with E-state index in [1.807, 2.05) is 26.0 Å². The molecule has 0 spiro atoms. The number of carbonyl (C=O) groups excluding carboxylic acids is 2. The third-order valence-electron chi connectivity index (χ3n) is 4.07. The third kappa shape index (κ3) is 3.36. The zero-order chi connectivity index (χ0) is 18.8. The van der Waals surface area contributed by atoms with E-state index in [1.165, 1.54) is 10.8 Å². The summed E-state index contributed by atoms with van der Waals surface area (Å²) in [7, 11) is 0. The molecule has 3 N–H and O–H groups in total. The lowest BCUT2D eigenvalue weighted by Crippen LogP contribution is -2.29. The average Bonchev–Trinajstić information content (AvgIpc) is 2.99. The Labute approximate surface area is 159 Å². The molecule has 1 amide bonds. The van der Waals surface area contributed by atoms with Crippen molar-refractivity contribution in [3.05, 3.63) is 63.8 Å². The molecule has 3 aromatic rings. The van der Waals surface area contributed by atoms with E-state index in [4.69, 9.17) is 10.6 Å². The first-order chi connectivity index (χ1) is 12.4. The highest BCUT2D eigenvalue weighted by molar-refractivity contribution is 9.10. The maximum absolute atomic E-state index is 12.7. The molecule has 0 saturated carbocycles. The van der Waals surface area contributed by atoms with E-state index >= 15 is 0 Å². The molecule has 0 fully saturated rings. The minimum atomic E-state index is -0.453. The zero-order valence-electron chi connectivity index (χ0n) is 14.4. The second-order valence-corrected chi connectivity index (χ2v) is 6.83. The van der Waals surface area contributed by atoms with E-state index in [0.29, 0.717) is 22.2 Å². The Kier molecular flexibility index (Phi) is 5.11. The number of carbonyl (C=O) groups is 2. The molecule has 0 unspecified atom stereocenters. The van der Waals surface area contributed by atoms with Gasteiger partial charge in [0.25, 0.3) is 11.8 Å². The summed E-state index contributed by atoms with van der Waals surface area (Å²) >= 11 is 3.47. The van der Waals surface area contributed by atoms with E-state index in [-0.39, 0.29) is 12.5 Å². The molecular weight excluding hydrogens is 398 g/mol. The summed E-state index contributed by atoms with van der Waals surface area (Å²) in [6.45, 7) is 3.75. The van der Waals surface area contributed by atoms with Crippen molar-refractivity contribution in [1.29, 1.82) is 0 Å². The molecule has 0 bridgehead atoms. The van der Waals surface area contributed by atoms with Gasteiger partial charge in [-0.25, -0.2) is 5.84 Å². The fourth-order valence-corrected chi connectivity index (χ4v) is 3.72. The Morgan fingerprint density at radius 2 is 1.96 bits per heavy atom. The lowest BCUT2D eigenvalue weighted by molar-refractivity contribution is 0.0842. The van der Waals surface area contributed by atoms with Crippen LogP contribution < -0.4 is 16.0 Å². The Morgan fingerprint density at radius 1 is 1.23 bits per heavy atom. The standard InChI is InChI=1S/C19H18BrN3O3/c1-11-7-12(2)18(15(20)8-11)26-10-17(24)23-9-14(19(25)22-21)13-5-3-4-6-16(13)23/h3-9H,10,21H2,1-2H3,(H,22,25). The Bertz CT molecular complexity index is 987. The minimum absolute atomic E-state index is 0.162. The highest BCUT2D eigenvalue weighted by Crippen LogP contribution is 2.30. The molecular formula is C19H18BrN3O3. The van der Waals surface area contributed by atoms with Crippen LogP contribution in [0, 0.1) is 13.8 Å². The smallest absolute Gasteiger partial charge is 0.269 e. The van der Waals surface area contributed by atoms with Crippen LogP contribution in [0.5, 0.6) is 5.75 Å². The van der Waals surface area contributed by atoms with E-state index in [2.05, 4.69) is 21.4 Å². The molecule has 3 rings (SSSR count). The van der Waals surface area contributed by atoms with Crippen LogP contribution in [0.2, 0.25) is 0 Å². The number of hydrazine groups is 1. The SMILES string of the molecule is Cc1cc(C)c(OCC(=O)n2cc(C(=O)NN)c3ccccc32)c(Br)c1. The highest BCUT2D eigenvalue weighted by Gasteiger charge is 2.18. The van der Waals surface area contributed by atoms with Crippen molar-refractivity contribution in [1.82, 2.24) is 9.99 Å². The molecule has 26 heavy (non-hydrogen) atoms. The maximum atomic E-state index is 12.7. The van der Waals surface area contributed by atoms with Crippen LogP contribution in [0.3, 0.4) is 0 Å². The van der Waals surface area contributed by atoms with Crippen molar-refractivity contribution in [2.24, 2.45) is 5.84 Å². The predicted octanol–water partition coefficient (Wildman–Crippen LogP) is 3.34. The topological polar surface area (TPSA) is 86.3 Å². The number of nitrogen functional groups attached to an aromatic ring is 1. The van der Waals surface area contributed by atoms with Gasteiger partial charge >= 0.3 is 0 Å². The highest BCUT2D eigenvalue weighted by atomic mass is 79.9. The van der Waals surface area contributed by atoms with Crippen LogP contribution in [0.15, 0.2) is 47.1 Å². The summed E-state index contributed by atoms with van der Waals surface area (Å²) in [5, 5.41) is 0.650. The van der Waals surface area contributed by atoms with Gasteiger partial charge in [0.2, 0.25) is 0 Å². The maximum Gasteiger partial charge on any atom is 0.269 e. The first-order valence-corrected chi connectivity index (χ1v) is 8.75. The van der Waals surface area contributed by atoms with Crippen molar-refractivity contribution in [3.63, 3.8) is 0 Å². The largest absolute Gasteiger partial charge is 0.482 e.